The van der Waals surface area contributed by atoms with Crippen molar-refractivity contribution in [2.24, 2.45) is 17.6 Å². The SMILES string of the molecule is C[C@H]1C[C@H]1C(=O)NCc1cccc(C(N)=O)c1. The lowest BCUT2D eigenvalue weighted by Gasteiger charge is -2.05. The molecule has 0 spiro atoms. The molecule has 1 fully saturated rings. The summed E-state index contributed by atoms with van der Waals surface area (Å²) in [4.78, 5) is 22.6. The highest BCUT2D eigenvalue weighted by molar-refractivity contribution is 5.92. The van der Waals surface area contributed by atoms with Gasteiger partial charge >= 0.3 is 0 Å². The summed E-state index contributed by atoms with van der Waals surface area (Å²) in [5.74, 6) is 0.331. The van der Waals surface area contributed by atoms with E-state index in [0.29, 0.717) is 18.0 Å². The first kappa shape index (κ1) is 11.6. The van der Waals surface area contributed by atoms with Crippen LogP contribution in [0, 0.1) is 11.8 Å². The van der Waals surface area contributed by atoms with Crippen LogP contribution in [0.3, 0.4) is 0 Å². The second-order valence-corrected chi connectivity index (χ2v) is 4.60. The fourth-order valence-corrected chi connectivity index (χ4v) is 1.84. The largest absolute Gasteiger partial charge is 0.366 e. The molecule has 0 unspecified atom stereocenters. The summed E-state index contributed by atoms with van der Waals surface area (Å²) in [5, 5.41) is 2.87. The topological polar surface area (TPSA) is 72.2 Å². The number of primary amides is 1. The molecule has 90 valence electrons. The van der Waals surface area contributed by atoms with Crippen molar-refractivity contribution in [1.82, 2.24) is 5.32 Å². The highest BCUT2D eigenvalue weighted by Gasteiger charge is 2.38. The van der Waals surface area contributed by atoms with Crippen molar-refractivity contribution in [3.63, 3.8) is 0 Å². The highest BCUT2D eigenvalue weighted by Crippen LogP contribution is 2.37. The third-order valence-electron chi connectivity index (χ3n) is 3.12. The molecule has 0 bridgehead atoms. The van der Waals surface area contributed by atoms with Gasteiger partial charge in [0.05, 0.1) is 0 Å². The monoisotopic (exact) mass is 232 g/mol. The number of carbonyl (C=O) groups excluding carboxylic acids is 2. The van der Waals surface area contributed by atoms with Crippen LogP contribution in [-0.2, 0) is 11.3 Å². The van der Waals surface area contributed by atoms with Crippen LogP contribution in [0.15, 0.2) is 24.3 Å². The zero-order valence-corrected chi connectivity index (χ0v) is 9.77. The molecule has 2 atom stereocenters. The maximum absolute atomic E-state index is 11.6. The fourth-order valence-electron chi connectivity index (χ4n) is 1.84. The number of nitrogens with two attached hydrogens (primary N) is 1. The molecule has 0 heterocycles. The third kappa shape index (κ3) is 2.84. The van der Waals surface area contributed by atoms with Gasteiger partial charge in [0, 0.05) is 18.0 Å². The van der Waals surface area contributed by atoms with Gasteiger partial charge in [-0.3, -0.25) is 9.59 Å². The van der Waals surface area contributed by atoms with E-state index in [9.17, 15) is 9.59 Å². The molecule has 17 heavy (non-hydrogen) atoms. The Morgan fingerprint density at radius 1 is 1.47 bits per heavy atom. The zero-order chi connectivity index (χ0) is 12.4. The second kappa shape index (κ2) is 4.57. The average Bonchev–Trinajstić information content (AvgIpc) is 3.04. The third-order valence-corrected chi connectivity index (χ3v) is 3.12. The molecule has 0 aromatic heterocycles. The van der Waals surface area contributed by atoms with Gasteiger partial charge in [0.2, 0.25) is 11.8 Å². The Morgan fingerprint density at radius 2 is 2.18 bits per heavy atom. The number of amides is 2. The Labute approximate surface area is 100 Å². The predicted octanol–water partition coefficient (Wildman–Crippen LogP) is 1.06. The minimum atomic E-state index is -0.450. The van der Waals surface area contributed by atoms with Crippen molar-refractivity contribution in [1.29, 1.82) is 0 Å². The van der Waals surface area contributed by atoms with Crippen molar-refractivity contribution >= 4 is 11.8 Å². The second-order valence-electron chi connectivity index (χ2n) is 4.60. The van der Waals surface area contributed by atoms with Crippen molar-refractivity contribution in [3.8, 4) is 0 Å². The van der Waals surface area contributed by atoms with Gasteiger partial charge in [0.1, 0.15) is 0 Å². The van der Waals surface area contributed by atoms with Crippen molar-refractivity contribution in [2.75, 3.05) is 0 Å². The lowest BCUT2D eigenvalue weighted by Crippen LogP contribution is -2.25. The Morgan fingerprint density at radius 3 is 2.76 bits per heavy atom. The van der Waals surface area contributed by atoms with Crippen LogP contribution in [0.4, 0.5) is 0 Å². The quantitative estimate of drug-likeness (QED) is 0.814. The highest BCUT2D eigenvalue weighted by atomic mass is 16.2. The summed E-state index contributed by atoms with van der Waals surface area (Å²) in [5.41, 5.74) is 6.55. The first-order valence-corrected chi connectivity index (χ1v) is 5.74. The maximum Gasteiger partial charge on any atom is 0.248 e. The lowest BCUT2D eigenvalue weighted by molar-refractivity contribution is -0.122. The number of carbonyl (C=O) groups is 2. The molecule has 1 aromatic rings. The number of hydrogen-bond acceptors (Lipinski definition) is 2. The molecule has 0 radical (unpaired) electrons. The summed E-state index contributed by atoms with van der Waals surface area (Å²) >= 11 is 0. The van der Waals surface area contributed by atoms with Gasteiger partial charge in [0.25, 0.3) is 0 Å². The molecular formula is C13H16N2O2. The summed E-state index contributed by atoms with van der Waals surface area (Å²) < 4.78 is 0. The van der Waals surface area contributed by atoms with Crippen LogP contribution in [0.2, 0.25) is 0 Å². The molecule has 1 saturated carbocycles. The van der Waals surface area contributed by atoms with Crippen LogP contribution in [0.1, 0.15) is 29.3 Å². The Bertz CT molecular complexity index is 456. The van der Waals surface area contributed by atoms with Crippen LogP contribution in [0.5, 0.6) is 0 Å². The number of benzene rings is 1. The minimum absolute atomic E-state index is 0.0991. The summed E-state index contributed by atoms with van der Waals surface area (Å²) in [6.45, 7) is 2.52. The van der Waals surface area contributed by atoms with Crippen molar-refractivity contribution in [3.05, 3.63) is 35.4 Å². The number of nitrogens with one attached hydrogen (secondary N) is 1. The predicted molar refractivity (Wildman–Crippen MR) is 64.1 cm³/mol. The van der Waals surface area contributed by atoms with Crippen LogP contribution in [0.25, 0.3) is 0 Å². The molecule has 4 nitrogen and oxygen atoms in total. The zero-order valence-electron chi connectivity index (χ0n) is 9.77. The van der Waals surface area contributed by atoms with E-state index in [1.807, 2.05) is 6.07 Å². The van der Waals surface area contributed by atoms with Gasteiger partial charge in [-0.15, -0.1) is 0 Å². The average molecular weight is 232 g/mol. The Kier molecular flexibility index (Phi) is 3.13. The van der Waals surface area contributed by atoms with Gasteiger partial charge in [-0.2, -0.15) is 0 Å². The molecule has 2 rings (SSSR count). The summed E-state index contributed by atoms with van der Waals surface area (Å²) in [6, 6.07) is 7.00. The van der Waals surface area contributed by atoms with Gasteiger partial charge in [-0.05, 0) is 30.0 Å². The standard InChI is InChI=1S/C13H16N2O2/c1-8-5-11(8)13(17)15-7-9-3-2-4-10(6-9)12(14)16/h2-4,6,8,11H,5,7H2,1H3,(H2,14,16)(H,15,17)/t8-,11+/m0/s1. The molecule has 0 aliphatic heterocycles. The molecule has 1 aliphatic carbocycles. The van der Waals surface area contributed by atoms with E-state index in [4.69, 9.17) is 5.73 Å². The molecule has 0 saturated heterocycles. The van der Waals surface area contributed by atoms with E-state index < -0.39 is 5.91 Å². The Hall–Kier alpha value is -1.84. The molecule has 1 aliphatic rings. The molecule has 2 amide bonds. The van der Waals surface area contributed by atoms with Crippen LogP contribution in [-0.4, -0.2) is 11.8 Å². The van der Waals surface area contributed by atoms with Crippen molar-refractivity contribution in [2.45, 2.75) is 19.9 Å². The first-order valence-electron chi connectivity index (χ1n) is 5.74. The summed E-state index contributed by atoms with van der Waals surface area (Å²) in [7, 11) is 0. The summed E-state index contributed by atoms with van der Waals surface area (Å²) in [6.07, 6.45) is 0.979. The fraction of sp³-hybridized carbons (Fsp3) is 0.385. The van der Waals surface area contributed by atoms with Crippen LogP contribution < -0.4 is 11.1 Å². The van der Waals surface area contributed by atoms with Gasteiger partial charge < -0.3 is 11.1 Å². The Balaban J connectivity index is 1.92. The van der Waals surface area contributed by atoms with Gasteiger partial charge in [-0.1, -0.05) is 19.1 Å². The van der Waals surface area contributed by atoms with Crippen molar-refractivity contribution < 1.29 is 9.59 Å². The normalized spacial score (nSPS) is 21.9. The van der Waals surface area contributed by atoms with Gasteiger partial charge in [-0.25, -0.2) is 0 Å². The first-order chi connectivity index (χ1) is 8.08. The van der Waals surface area contributed by atoms with E-state index in [1.165, 1.54) is 0 Å². The molecule has 4 heteroatoms. The molecular weight excluding hydrogens is 216 g/mol. The molecule has 1 aromatic carbocycles. The van der Waals surface area contributed by atoms with E-state index >= 15 is 0 Å². The molecule has 3 N–H and O–H groups in total. The smallest absolute Gasteiger partial charge is 0.248 e. The minimum Gasteiger partial charge on any atom is -0.366 e. The number of rotatable bonds is 4. The van der Waals surface area contributed by atoms with E-state index in [-0.39, 0.29) is 11.8 Å². The van der Waals surface area contributed by atoms with Crippen LogP contribution >= 0.6 is 0 Å². The van der Waals surface area contributed by atoms with Gasteiger partial charge in [0.15, 0.2) is 0 Å². The van der Waals surface area contributed by atoms with E-state index in [1.54, 1.807) is 18.2 Å². The maximum atomic E-state index is 11.6. The number of hydrogen-bond donors (Lipinski definition) is 2. The lowest BCUT2D eigenvalue weighted by atomic mass is 10.1. The van der Waals surface area contributed by atoms with E-state index in [2.05, 4.69) is 12.2 Å². The van der Waals surface area contributed by atoms with E-state index in [0.717, 1.165) is 12.0 Å².